The quantitative estimate of drug-likeness (QED) is 0.514. The molecule has 1 aromatic heterocycles. The molecule has 1 heterocycles. The highest BCUT2D eigenvalue weighted by molar-refractivity contribution is 4.99. The molecule has 1 unspecified atom stereocenters. The minimum atomic E-state index is 0.407. The Labute approximate surface area is 131 Å². The van der Waals surface area contributed by atoms with E-state index in [-0.39, 0.29) is 0 Å². The smallest absolute Gasteiger partial charge is 0.125 e. The molecule has 0 bridgehead atoms. The summed E-state index contributed by atoms with van der Waals surface area (Å²) in [6, 6.07) is 0.407. The zero-order valence-corrected chi connectivity index (χ0v) is 14.4. The van der Waals surface area contributed by atoms with Crippen molar-refractivity contribution in [2.24, 2.45) is 0 Å². The molecule has 122 valence electrons. The number of imidazole rings is 1. The van der Waals surface area contributed by atoms with Crippen molar-refractivity contribution < 1.29 is 0 Å². The molecule has 0 aliphatic carbocycles. The zero-order valence-electron chi connectivity index (χ0n) is 14.4. The summed E-state index contributed by atoms with van der Waals surface area (Å²) >= 11 is 0. The van der Waals surface area contributed by atoms with Gasteiger partial charge in [-0.15, -0.1) is 0 Å². The van der Waals surface area contributed by atoms with Crippen molar-refractivity contribution in [2.45, 2.75) is 90.6 Å². The van der Waals surface area contributed by atoms with E-state index in [2.05, 4.69) is 34.9 Å². The standard InChI is InChI=1S/C18H35N3/c1-4-6-7-8-9-10-11-12-13-14-17(19-3)18-20-15-16-21(18)5-2/h15-17,19H,4-14H2,1-3H3. The highest BCUT2D eigenvalue weighted by atomic mass is 15.1. The second-order valence-corrected chi connectivity index (χ2v) is 6.03. The van der Waals surface area contributed by atoms with Gasteiger partial charge in [0.2, 0.25) is 0 Å². The van der Waals surface area contributed by atoms with Crippen LogP contribution in [-0.2, 0) is 6.54 Å². The van der Waals surface area contributed by atoms with Gasteiger partial charge < -0.3 is 9.88 Å². The first-order chi connectivity index (χ1) is 10.3. The lowest BCUT2D eigenvalue weighted by molar-refractivity contribution is 0.460. The lowest BCUT2D eigenvalue weighted by Gasteiger charge is -2.17. The predicted molar refractivity (Wildman–Crippen MR) is 91.5 cm³/mol. The van der Waals surface area contributed by atoms with Gasteiger partial charge in [-0.05, 0) is 20.4 Å². The molecule has 0 saturated heterocycles. The Kier molecular flexibility index (Phi) is 10.2. The van der Waals surface area contributed by atoms with E-state index in [1.54, 1.807) is 0 Å². The van der Waals surface area contributed by atoms with E-state index < -0.39 is 0 Å². The van der Waals surface area contributed by atoms with Gasteiger partial charge in [-0.2, -0.15) is 0 Å². The van der Waals surface area contributed by atoms with Crippen molar-refractivity contribution in [1.29, 1.82) is 0 Å². The van der Waals surface area contributed by atoms with Crippen molar-refractivity contribution in [3.05, 3.63) is 18.2 Å². The van der Waals surface area contributed by atoms with Crippen molar-refractivity contribution >= 4 is 0 Å². The Hall–Kier alpha value is -0.830. The van der Waals surface area contributed by atoms with Gasteiger partial charge in [-0.25, -0.2) is 4.98 Å². The number of hydrogen-bond acceptors (Lipinski definition) is 2. The SMILES string of the molecule is CCCCCCCCCCCC(NC)c1nccn1CC. The molecule has 1 N–H and O–H groups in total. The number of rotatable bonds is 13. The lowest BCUT2D eigenvalue weighted by Crippen LogP contribution is -2.20. The number of aromatic nitrogens is 2. The van der Waals surface area contributed by atoms with Crippen molar-refractivity contribution in [2.75, 3.05) is 7.05 Å². The van der Waals surface area contributed by atoms with E-state index in [1.165, 1.54) is 70.0 Å². The largest absolute Gasteiger partial charge is 0.334 e. The van der Waals surface area contributed by atoms with E-state index in [0.717, 1.165) is 6.54 Å². The molecule has 1 rings (SSSR count). The van der Waals surface area contributed by atoms with Crippen LogP contribution < -0.4 is 5.32 Å². The van der Waals surface area contributed by atoms with Gasteiger partial charge >= 0.3 is 0 Å². The molecule has 0 saturated carbocycles. The lowest BCUT2D eigenvalue weighted by atomic mass is 10.0. The van der Waals surface area contributed by atoms with Crippen LogP contribution in [0, 0.1) is 0 Å². The maximum Gasteiger partial charge on any atom is 0.125 e. The summed E-state index contributed by atoms with van der Waals surface area (Å²) in [5.41, 5.74) is 0. The van der Waals surface area contributed by atoms with Crippen LogP contribution in [0.15, 0.2) is 12.4 Å². The summed E-state index contributed by atoms with van der Waals surface area (Å²) in [6.45, 7) is 5.46. The van der Waals surface area contributed by atoms with Gasteiger partial charge in [-0.1, -0.05) is 64.7 Å². The number of hydrogen-bond donors (Lipinski definition) is 1. The minimum Gasteiger partial charge on any atom is -0.334 e. The van der Waals surface area contributed by atoms with Crippen LogP contribution in [-0.4, -0.2) is 16.6 Å². The van der Waals surface area contributed by atoms with Gasteiger partial charge in [0.25, 0.3) is 0 Å². The molecule has 0 spiro atoms. The first-order valence-corrected chi connectivity index (χ1v) is 9.01. The van der Waals surface area contributed by atoms with E-state index in [9.17, 15) is 0 Å². The predicted octanol–water partition coefficient (Wildman–Crippen LogP) is 5.08. The first kappa shape index (κ1) is 18.2. The molecule has 1 atom stereocenters. The first-order valence-electron chi connectivity index (χ1n) is 9.01. The topological polar surface area (TPSA) is 29.9 Å². The molecule has 0 fully saturated rings. The maximum atomic E-state index is 4.52. The van der Waals surface area contributed by atoms with Crippen molar-refractivity contribution in [3.8, 4) is 0 Å². The average Bonchev–Trinajstić information content (AvgIpc) is 2.98. The maximum absolute atomic E-state index is 4.52. The molecule has 3 nitrogen and oxygen atoms in total. The molecule has 1 aromatic rings. The second kappa shape index (κ2) is 11.8. The second-order valence-electron chi connectivity index (χ2n) is 6.03. The molecule has 0 aliphatic rings. The van der Waals surface area contributed by atoms with E-state index in [1.807, 2.05) is 13.2 Å². The fourth-order valence-corrected chi connectivity index (χ4v) is 2.96. The third-order valence-electron chi connectivity index (χ3n) is 4.34. The van der Waals surface area contributed by atoms with Gasteiger partial charge in [0.15, 0.2) is 0 Å². The normalized spacial score (nSPS) is 12.7. The highest BCUT2D eigenvalue weighted by Gasteiger charge is 2.13. The fourth-order valence-electron chi connectivity index (χ4n) is 2.96. The number of aryl methyl sites for hydroxylation is 1. The van der Waals surface area contributed by atoms with Gasteiger partial charge in [0, 0.05) is 18.9 Å². The van der Waals surface area contributed by atoms with Crippen LogP contribution in [0.25, 0.3) is 0 Å². The summed E-state index contributed by atoms with van der Waals surface area (Å²) in [5, 5.41) is 3.42. The Balaban J connectivity index is 2.10. The average molecular weight is 293 g/mol. The summed E-state index contributed by atoms with van der Waals surface area (Å²) in [6.07, 6.45) is 17.7. The zero-order chi connectivity index (χ0) is 15.3. The monoisotopic (exact) mass is 293 g/mol. The van der Waals surface area contributed by atoms with E-state index >= 15 is 0 Å². The number of nitrogens with zero attached hydrogens (tertiary/aromatic N) is 2. The summed E-state index contributed by atoms with van der Waals surface area (Å²) < 4.78 is 2.24. The molecular weight excluding hydrogens is 258 g/mol. The third-order valence-corrected chi connectivity index (χ3v) is 4.34. The summed E-state index contributed by atoms with van der Waals surface area (Å²) in [7, 11) is 2.05. The molecule has 21 heavy (non-hydrogen) atoms. The number of nitrogens with one attached hydrogen (secondary N) is 1. The molecule has 0 amide bonds. The van der Waals surface area contributed by atoms with Gasteiger partial charge in [0.1, 0.15) is 5.82 Å². The summed E-state index contributed by atoms with van der Waals surface area (Å²) in [4.78, 5) is 4.52. The van der Waals surface area contributed by atoms with Gasteiger partial charge in [-0.3, -0.25) is 0 Å². The minimum absolute atomic E-state index is 0.407. The molecule has 3 heteroatoms. The van der Waals surface area contributed by atoms with Crippen LogP contribution in [0.2, 0.25) is 0 Å². The van der Waals surface area contributed by atoms with Crippen LogP contribution >= 0.6 is 0 Å². The Morgan fingerprint density at radius 1 is 1.00 bits per heavy atom. The van der Waals surface area contributed by atoms with Crippen molar-refractivity contribution in [1.82, 2.24) is 14.9 Å². The van der Waals surface area contributed by atoms with Crippen LogP contribution in [0.1, 0.15) is 89.9 Å². The van der Waals surface area contributed by atoms with E-state index in [4.69, 9.17) is 0 Å². The highest BCUT2D eigenvalue weighted by Crippen LogP contribution is 2.19. The third kappa shape index (κ3) is 7.12. The molecule has 0 aliphatic heterocycles. The van der Waals surface area contributed by atoms with Crippen LogP contribution in [0.4, 0.5) is 0 Å². The molecular formula is C18H35N3. The number of unbranched alkanes of at least 4 members (excludes halogenated alkanes) is 8. The fraction of sp³-hybridized carbons (Fsp3) is 0.833. The van der Waals surface area contributed by atoms with Crippen molar-refractivity contribution in [3.63, 3.8) is 0 Å². The molecule has 0 aromatic carbocycles. The van der Waals surface area contributed by atoms with Crippen LogP contribution in [0.3, 0.4) is 0 Å². The van der Waals surface area contributed by atoms with Gasteiger partial charge in [0.05, 0.1) is 6.04 Å². The summed E-state index contributed by atoms with van der Waals surface area (Å²) in [5.74, 6) is 1.19. The van der Waals surface area contributed by atoms with E-state index in [0.29, 0.717) is 6.04 Å². The Morgan fingerprint density at radius 2 is 1.62 bits per heavy atom. The van der Waals surface area contributed by atoms with Crippen LogP contribution in [0.5, 0.6) is 0 Å². The Bertz CT molecular complexity index is 346. The molecule has 0 radical (unpaired) electrons. The Morgan fingerprint density at radius 3 is 2.19 bits per heavy atom.